The Morgan fingerprint density at radius 2 is 1.89 bits per heavy atom. The second-order valence-corrected chi connectivity index (χ2v) is 6.86. The average Bonchev–Trinajstić information content (AvgIpc) is 2.70. The van der Waals surface area contributed by atoms with Gasteiger partial charge in [-0.1, -0.05) is 12.1 Å². The van der Waals surface area contributed by atoms with Crippen molar-refractivity contribution in [1.82, 2.24) is 10.2 Å². The minimum Gasteiger partial charge on any atom is -0.506 e. The number of benzene rings is 1. The first kappa shape index (κ1) is 22.0. The molecule has 2 aliphatic rings. The van der Waals surface area contributed by atoms with E-state index in [1.165, 1.54) is 0 Å². The second kappa shape index (κ2) is 10.3. The van der Waals surface area contributed by atoms with Gasteiger partial charge in [-0.15, -0.1) is 24.0 Å². The lowest BCUT2D eigenvalue weighted by Crippen LogP contribution is -2.56. The van der Waals surface area contributed by atoms with E-state index in [0.717, 1.165) is 70.4 Å². The van der Waals surface area contributed by atoms with Crippen molar-refractivity contribution in [2.45, 2.75) is 18.4 Å². The van der Waals surface area contributed by atoms with Crippen LogP contribution in [0.4, 0.5) is 5.69 Å². The lowest BCUT2D eigenvalue weighted by atomic mass is 9.94. The lowest BCUT2D eigenvalue weighted by molar-refractivity contribution is -0.0857. The number of hydrogen-bond acceptors (Lipinski definition) is 5. The van der Waals surface area contributed by atoms with Gasteiger partial charge in [0.05, 0.1) is 11.3 Å². The fourth-order valence-corrected chi connectivity index (χ4v) is 3.66. The molecular formula is C19H31IN4O3. The molecular weight excluding hydrogens is 459 g/mol. The van der Waals surface area contributed by atoms with E-state index in [9.17, 15) is 5.11 Å². The Balaban J connectivity index is 0.00000261. The van der Waals surface area contributed by atoms with Crippen LogP contribution in [-0.2, 0) is 9.47 Å². The molecule has 0 aliphatic carbocycles. The Morgan fingerprint density at radius 1 is 1.22 bits per heavy atom. The Morgan fingerprint density at radius 3 is 2.48 bits per heavy atom. The summed E-state index contributed by atoms with van der Waals surface area (Å²) >= 11 is 0. The topological polar surface area (TPSA) is 69.6 Å². The number of aliphatic imine (C=N–C) groups is 1. The van der Waals surface area contributed by atoms with Crippen LogP contribution in [0.25, 0.3) is 0 Å². The summed E-state index contributed by atoms with van der Waals surface area (Å²) in [5.74, 6) is 1.25. The zero-order valence-corrected chi connectivity index (χ0v) is 18.5. The molecule has 0 bridgehead atoms. The molecule has 2 saturated heterocycles. The van der Waals surface area contributed by atoms with Crippen molar-refractivity contribution in [1.29, 1.82) is 0 Å². The average molecular weight is 490 g/mol. The summed E-state index contributed by atoms with van der Waals surface area (Å²) in [7, 11) is 3.60. The van der Waals surface area contributed by atoms with Crippen LogP contribution in [0.5, 0.6) is 5.75 Å². The summed E-state index contributed by atoms with van der Waals surface area (Å²) in [4.78, 5) is 8.93. The number of piperazine rings is 1. The van der Waals surface area contributed by atoms with Crippen LogP contribution >= 0.6 is 24.0 Å². The van der Waals surface area contributed by atoms with E-state index in [1.807, 2.05) is 25.2 Å². The number of hydrogen-bond donors (Lipinski definition) is 2. The fraction of sp³-hybridized carbons (Fsp3) is 0.632. The Labute approximate surface area is 178 Å². The van der Waals surface area contributed by atoms with Gasteiger partial charge in [0.15, 0.2) is 5.96 Å². The number of nitrogens with one attached hydrogen (secondary N) is 1. The fourth-order valence-electron chi connectivity index (χ4n) is 3.66. The molecule has 3 rings (SSSR count). The molecule has 1 aromatic rings. The smallest absolute Gasteiger partial charge is 0.193 e. The molecule has 152 valence electrons. The maximum absolute atomic E-state index is 10.1. The first-order chi connectivity index (χ1) is 12.7. The predicted octanol–water partition coefficient (Wildman–Crippen LogP) is 1.90. The van der Waals surface area contributed by atoms with E-state index in [2.05, 4.69) is 20.1 Å². The van der Waals surface area contributed by atoms with Gasteiger partial charge < -0.3 is 29.7 Å². The Hall–Kier alpha value is -1.26. The maximum atomic E-state index is 10.1. The number of nitrogens with zero attached hydrogens (tertiary/aromatic N) is 3. The number of anilines is 1. The summed E-state index contributed by atoms with van der Waals surface area (Å²) in [6.45, 7) is 5.64. The van der Waals surface area contributed by atoms with Gasteiger partial charge in [0, 0.05) is 72.9 Å². The van der Waals surface area contributed by atoms with Crippen LogP contribution in [0.3, 0.4) is 0 Å². The zero-order valence-electron chi connectivity index (χ0n) is 16.2. The largest absolute Gasteiger partial charge is 0.506 e. The molecule has 0 amide bonds. The SMILES string of the molecule is CN=C(NCC1(OC)CCOCC1)N1CCN(c2ccccc2O)CC1.I. The van der Waals surface area contributed by atoms with Gasteiger partial charge in [0.1, 0.15) is 5.75 Å². The summed E-state index contributed by atoms with van der Waals surface area (Å²) in [5.41, 5.74) is 0.724. The molecule has 2 N–H and O–H groups in total. The summed E-state index contributed by atoms with van der Waals surface area (Å²) in [5, 5.41) is 13.5. The van der Waals surface area contributed by atoms with Gasteiger partial charge in [0.2, 0.25) is 0 Å². The van der Waals surface area contributed by atoms with Gasteiger partial charge in [0.25, 0.3) is 0 Å². The van der Waals surface area contributed by atoms with Crippen molar-refractivity contribution in [3.63, 3.8) is 0 Å². The van der Waals surface area contributed by atoms with Gasteiger partial charge in [-0.3, -0.25) is 4.99 Å². The minimum atomic E-state index is -0.175. The van der Waals surface area contributed by atoms with E-state index in [4.69, 9.17) is 9.47 Å². The molecule has 8 heteroatoms. The van der Waals surface area contributed by atoms with Gasteiger partial charge >= 0.3 is 0 Å². The number of methoxy groups -OCH3 is 1. The van der Waals surface area contributed by atoms with Crippen molar-refractivity contribution >= 4 is 35.6 Å². The number of para-hydroxylation sites is 2. The van der Waals surface area contributed by atoms with Crippen molar-refractivity contribution in [2.75, 3.05) is 65.0 Å². The van der Waals surface area contributed by atoms with E-state index in [-0.39, 0.29) is 29.6 Å². The van der Waals surface area contributed by atoms with Gasteiger partial charge in [-0.05, 0) is 12.1 Å². The molecule has 27 heavy (non-hydrogen) atoms. The molecule has 2 fully saturated rings. The Kier molecular flexibility index (Phi) is 8.43. The van der Waals surface area contributed by atoms with Crippen LogP contribution in [0.2, 0.25) is 0 Å². The van der Waals surface area contributed by atoms with Crippen molar-refractivity contribution in [3.8, 4) is 5.75 Å². The van der Waals surface area contributed by atoms with Crippen molar-refractivity contribution in [3.05, 3.63) is 24.3 Å². The van der Waals surface area contributed by atoms with E-state index in [0.29, 0.717) is 5.75 Å². The van der Waals surface area contributed by atoms with Crippen LogP contribution in [-0.4, -0.2) is 81.7 Å². The summed E-state index contributed by atoms with van der Waals surface area (Å²) in [6.07, 6.45) is 1.79. The molecule has 0 saturated carbocycles. The Bertz CT molecular complexity index is 615. The first-order valence-electron chi connectivity index (χ1n) is 9.29. The van der Waals surface area contributed by atoms with Crippen molar-refractivity contribution < 1.29 is 14.6 Å². The monoisotopic (exact) mass is 490 g/mol. The van der Waals surface area contributed by atoms with Crippen molar-refractivity contribution in [2.24, 2.45) is 4.99 Å². The number of ether oxygens (including phenoxy) is 2. The van der Waals surface area contributed by atoms with Gasteiger partial charge in [-0.25, -0.2) is 0 Å². The predicted molar refractivity (Wildman–Crippen MR) is 118 cm³/mol. The number of halogens is 1. The molecule has 1 aromatic carbocycles. The second-order valence-electron chi connectivity index (χ2n) is 6.86. The number of rotatable bonds is 4. The van der Waals surface area contributed by atoms with E-state index in [1.54, 1.807) is 13.2 Å². The quantitative estimate of drug-likeness (QED) is 0.382. The highest BCUT2D eigenvalue weighted by atomic mass is 127. The standard InChI is InChI=1S/C19H30N4O3.HI/c1-20-18(21-15-19(25-2)7-13-26-14-8-19)23-11-9-22(10-12-23)16-5-3-4-6-17(16)24;/h3-6,24H,7-15H2,1-2H3,(H,20,21);1H. The number of aromatic hydroxyl groups is 1. The molecule has 2 heterocycles. The van der Waals surface area contributed by atoms with Crippen LogP contribution in [0.1, 0.15) is 12.8 Å². The van der Waals surface area contributed by atoms with Gasteiger partial charge in [-0.2, -0.15) is 0 Å². The number of phenolic OH excluding ortho intramolecular Hbond substituents is 1. The molecule has 0 spiro atoms. The summed E-state index contributed by atoms with van der Waals surface area (Å²) < 4.78 is 11.3. The molecule has 7 nitrogen and oxygen atoms in total. The molecule has 0 unspecified atom stereocenters. The van der Waals surface area contributed by atoms with Crippen LogP contribution in [0, 0.1) is 0 Å². The van der Waals surface area contributed by atoms with E-state index < -0.39 is 0 Å². The minimum absolute atomic E-state index is 0. The highest BCUT2D eigenvalue weighted by Gasteiger charge is 2.33. The third-order valence-electron chi connectivity index (χ3n) is 5.42. The van der Waals surface area contributed by atoms with Crippen LogP contribution in [0.15, 0.2) is 29.3 Å². The first-order valence-corrected chi connectivity index (χ1v) is 9.29. The number of phenols is 1. The third-order valence-corrected chi connectivity index (χ3v) is 5.42. The maximum Gasteiger partial charge on any atom is 0.193 e. The molecule has 2 aliphatic heterocycles. The third kappa shape index (κ3) is 5.39. The van der Waals surface area contributed by atoms with E-state index >= 15 is 0 Å². The molecule has 0 aromatic heterocycles. The molecule has 0 radical (unpaired) electrons. The lowest BCUT2D eigenvalue weighted by Gasteiger charge is -2.40. The normalized spacial score (nSPS) is 20.1. The molecule has 0 atom stereocenters. The zero-order chi connectivity index (χ0) is 18.4. The summed E-state index contributed by atoms with van der Waals surface area (Å²) in [6, 6.07) is 7.51. The number of guanidine groups is 1. The highest BCUT2D eigenvalue weighted by Crippen LogP contribution is 2.27. The highest BCUT2D eigenvalue weighted by molar-refractivity contribution is 14.0. The van der Waals surface area contributed by atoms with Crippen LogP contribution < -0.4 is 10.2 Å².